The molecule has 0 saturated carbocycles. The number of hydrogen-bond acceptors (Lipinski definition) is 3. The maximum Gasteiger partial charge on any atom is 0.123 e. The summed E-state index contributed by atoms with van der Waals surface area (Å²) < 4.78 is 13.4. The molecule has 2 N–H and O–H groups in total. The summed E-state index contributed by atoms with van der Waals surface area (Å²) in [7, 11) is 4.25. The lowest BCUT2D eigenvalue weighted by Gasteiger charge is -2.36. The van der Waals surface area contributed by atoms with E-state index in [1.807, 2.05) is 13.0 Å². The summed E-state index contributed by atoms with van der Waals surface area (Å²) in [5.74, 6) is 0.559. The molecule has 112 valence electrons. The summed E-state index contributed by atoms with van der Waals surface area (Å²) in [4.78, 5) is 4.61. The molecule has 0 bridgehead atoms. The molecule has 1 aromatic carbocycles. The highest BCUT2D eigenvalue weighted by Gasteiger charge is 2.22. The molecule has 1 aliphatic rings. The minimum atomic E-state index is -0.205. The maximum atomic E-state index is 13.4. The van der Waals surface area contributed by atoms with Gasteiger partial charge in [-0.05, 0) is 63.5 Å². The Hall–Kier alpha value is -1.13. The van der Waals surface area contributed by atoms with Crippen LogP contribution in [0.4, 0.5) is 10.1 Å². The van der Waals surface area contributed by atoms with Crippen LogP contribution < -0.4 is 10.6 Å². The molecule has 0 unspecified atom stereocenters. The highest BCUT2D eigenvalue weighted by molar-refractivity contribution is 5.55. The third kappa shape index (κ3) is 3.70. The van der Waals surface area contributed by atoms with Gasteiger partial charge in [0.05, 0.1) is 0 Å². The smallest absolute Gasteiger partial charge is 0.123 e. The number of nitrogens with zero attached hydrogens (tertiary/aromatic N) is 2. The van der Waals surface area contributed by atoms with E-state index in [-0.39, 0.29) is 11.9 Å². The molecule has 1 saturated heterocycles. The Morgan fingerprint density at radius 2 is 2.00 bits per heavy atom. The molecule has 1 fully saturated rings. The van der Waals surface area contributed by atoms with Crippen molar-refractivity contribution in [1.29, 1.82) is 0 Å². The van der Waals surface area contributed by atoms with E-state index >= 15 is 0 Å². The fourth-order valence-corrected chi connectivity index (χ4v) is 3.05. The van der Waals surface area contributed by atoms with E-state index in [9.17, 15) is 4.39 Å². The molecule has 2 rings (SSSR count). The molecule has 0 aromatic heterocycles. The molecular formula is C16H26FN3. The zero-order valence-electron chi connectivity index (χ0n) is 12.8. The van der Waals surface area contributed by atoms with Crippen molar-refractivity contribution < 1.29 is 4.39 Å². The molecule has 4 heteroatoms. The molecular weight excluding hydrogens is 253 g/mol. The topological polar surface area (TPSA) is 32.5 Å². The molecule has 0 aliphatic carbocycles. The van der Waals surface area contributed by atoms with E-state index in [2.05, 4.69) is 23.9 Å². The second-order valence-electron chi connectivity index (χ2n) is 6.18. The first-order valence-electron chi connectivity index (χ1n) is 7.42. The average molecular weight is 279 g/mol. The lowest BCUT2D eigenvalue weighted by molar-refractivity contribution is 0.285. The molecule has 0 amide bonds. The van der Waals surface area contributed by atoms with Crippen molar-refractivity contribution in [3.05, 3.63) is 29.6 Å². The van der Waals surface area contributed by atoms with Crippen LogP contribution >= 0.6 is 0 Å². The maximum absolute atomic E-state index is 13.4. The van der Waals surface area contributed by atoms with Crippen molar-refractivity contribution >= 4 is 5.69 Å². The summed E-state index contributed by atoms with van der Waals surface area (Å²) in [6.07, 6.45) is 2.38. The van der Waals surface area contributed by atoms with Crippen molar-refractivity contribution in [2.24, 2.45) is 11.7 Å². The van der Waals surface area contributed by atoms with E-state index < -0.39 is 0 Å². The predicted molar refractivity (Wildman–Crippen MR) is 82.5 cm³/mol. The van der Waals surface area contributed by atoms with E-state index in [1.54, 1.807) is 6.07 Å². The Morgan fingerprint density at radius 1 is 1.35 bits per heavy atom. The van der Waals surface area contributed by atoms with Gasteiger partial charge >= 0.3 is 0 Å². The molecule has 0 spiro atoms. The molecule has 20 heavy (non-hydrogen) atoms. The molecule has 0 radical (unpaired) electrons. The minimum Gasteiger partial charge on any atom is -0.371 e. The van der Waals surface area contributed by atoms with Crippen LogP contribution in [-0.4, -0.2) is 38.6 Å². The summed E-state index contributed by atoms with van der Waals surface area (Å²) >= 11 is 0. The monoisotopic (exact) mass is 279 g/mol. The van der Waals surface area contributed by atoms with Gasteiger partial charge in [-0.3, -0.25) is 0 Å². The number of piperidine rings is 1. The molecule has 1 heterocycles. The third-order valence-electron chi connectivity index (χ3n) is 4.06. The van der Waals surface area contributed by atoms with Gasteiger partial charge < -0.3 is 15.5 Å². The second kappa shape index (κ2) is 6.55. The van der Waals surface area contributed by atoms with E-state index in [4.69, 9.17) is 5.73 Å². The van der Waals surface area contributed by atoms with Crippen LogP contribution in [0.5, 0.6) is 0 Å². The first kappa shape index (κ1) is 15.3. The Morgan fingerprint density at radius 3 is 2.55 bits per heavy atom. The zero-order chi connectivity index (χ0) is 14.7. The molecule has 3 nitrogen and oxygen atoms in total. The minimum absolute atomic E-state index is 0.139. The largest absolute Gasteiger partial charge is 0.371 e. The van der Waals surface area contributed by atoms with Crippen LogP contribution in [0, 0.1) is 11.7 Å². The van der Waals surface area contributed by atoms with Gasteiger partial charge in [-0.2, -0.15) is 0 Å². The van der Waals surface area contributed by atoms with Gasteiger partial charge in [-0.1, -0.05) is 0 Å². The first-order valence-corrected chi connectivity index (χ1v) is 7.42. The lowest BCUT2D eigenvalue weighted by Crippen LogP contribution is -2.37. The van der Waals surface area contributed by atoms with Gasteiger partial charge in [0.1, 0.15) is 5.82 Å². The van der Waals surface area contributed by atoms with E-state index in [1.165, 1.54) is 18.9 Å². The second-order valence-corrected chi connectivity index (χ2v) is 6.18. The predicted octanol–water partition coefficient (Wildman–Crippen LogP) is 2.62. The fourth-order valence-electron chi connectivity index (χ4n) is 3.05. The van der Waals surface area contributed by atoms with Gasteiger partial charge in [-0.25, -0.2) is 4.39 Å². The number of benzene rings is 1. The molecule has 1 atom stereocenters. The van der Waals surface area contributed by atoms with Crippen LogP contribution in [0.2, 0.25) is 0 Å². The van der Waals surface area contributed by atoms with Gasteiger partial charge in [0.2, 0.25) is 0 Å². The highest BCUT2D eigenvalue weighted by Crippen LogP contribution is 2.30. The number of rotatable bonds is 4. The Bertz CT molecular complexity index is 437. The first-order chi connectivity index (χ1) is 9.47. The number of anilines is 1. The average Bonchev–Trinajstić information content (AvgIpc) is 2.39. The summed E-state index contributed by atoms with van der Waals surface area (Å²) in [6, 6.07) is 4.85. The number of hydrogen-bond donors (Lipinski definition) is 1. The van der Waals surface area contributed by atoms with Crippen molar-refractivity contribution in [3.63, 3.8) is 0 Å². The van der Waals surface area contributed by atoms with Gasteiger partial charge in [0.15, 0.2) is 0 Å². The Balaban J connectivity index is 2.07. The van der Waals surface area contributed by atoms with Crippen LogP contribution in [0.3, 0.4) is 0 Å². The van der Waals surface area contributed by atoms with Crippen molar-refractivity contribution in [2.75, 3.05) is 38.6 Å². The molecule has 1 aliphatic heterocycles. The van der Waals surface area contributed by atoms with Crippen molar-refractivity contribution in [3.8, 4) is 0 Å². The fraction of sp³-hybridized carbons (Fsp3) is 0.625. The van der Waals surface area contributed by atoms with Gasteiger partial charge in [0, 0.05) is 31.4 Å². The van der Waals surface area contributed by atoms with Crippen LogP contribution in [0.1, 0.15) is 31.4 Å². The van der Waals surface area contributed by atoms with Crippen LogP contribution in [0.25, 0.3) is 0 Å². The van der Waals surface area contributed by atoms with Crippen LogP contribution in [0.15, 0.2) is 18.2 Å². The van der Waals surface area contributed by atoms with Crippen molar-refractivity contribution in [1.82, 2.24) is 4.90 Å². The Labute approximate surface area is 121 Å². The summed E-state index contributed by atoms with van der Waals surface area (Å²) in [5.41, 5.74) is 8.00. The normalized spacial score (nSPS) is 18.6. The standard InChI is InChI=1S/C16H26FN3/c1-12(18)15-10-14(17)4-5-16(15)20-8-6-13(7-9-20)11-19(2)3/h4-5,10,12-13H,6-9,11,18H2,1-3H3/t12-/m0/s1. The summed E-state index contributed by atoms with van der Waals surface area (Å²) in [5, 5.41) is 0. The third-order valence-corrected chi connectivity index (χ3v) is 4.06. The highest BCUT2D eigenvalue weighted by atomic mass is 19.1. The van der Waals surface area contributed by atoms with E-state index in [0.29, 0.717) is 0 Å². The zero-order valence-corrected chi connectivity index (χ0v) is 12.8. The van der Waals surface area contributed by atoms with Crippen LogP contribution in [-0.2, 0) is 0 Å². The van der Waals surface area contributed by atoms with E-state index in [0.717, 1.165) is 36.8 Å². The summed E-state index contributed by atoms with van der Waals surface area (Å²) in [6.45, 7) is 5.13. The Kier molecular flexibility index (Phi) is 5.00. The number of halogens is 1. The van der Waals surface area contributed by atoms with Crippen molar-refractivity contribution in [2.45, 2.75) is 25.8 Å². The quantitative estimate of drug-likeness (QED) is 0.919. The SMILES string of the molecule is C[C@H](N)c1cc(F)ccc1N1CCC(CN(C)C)CC1. The van der Waals surface area contributed by atoms with Gasteiger partial charge in [0.25, 0.3) is 0 Å². The number of nitrogens with two attached hydrogens (primary N) is 1. The molecule has 1 aromatic rings. The lowest BCUT2D eigenvalue weighted by atomic mass is 9.95. The van der Waals surface area contributed by atoms with Gasteiger partial charge in [-0.15, -0.1) is 0 Å².